The van der Waals surface area contributed by atoms with Crippen LogP contribution in [0, 0.1) is 24.0 Å². The van der Waals surface area contributed by atoms with Crippen LogP contribution in [-0.2, 0) is 11.3 Å². The van der Waals surface area contributed by atoms with Gasteiger partial charge in [-0.2, -0.15) is 0 Å². The van der Waals surface area contributed by atoms with E-state index in [-0.39, 0.29) is 24.1 Å². The lowest BCUT2D eigenvalue weighted by atomic mass is 10.1. The van der Waals surface area contributed by atoms with E-state index in [2.05, 4.69) is 4.98 Å². The molecule has 1 aliphatic rings. The van der Waals surface area contributed by atoms with Crippen LogP contribution in [0.4, 0.5) is 11.6 Å². The summed E-state index contributed by atoms with van der Waals surface area (Å²) in [5.41, 5.74) is 3.15. The smallest absolute Gasteiger partial charge is 0.366 e. The van der Waals surface area contributed by atoms with Gasteiger partial charge in [-0.05, 0) is 40.9 Å². The summed E-state index contributed by atoms with van der Waals surface area (Å²) in [7, 11) is 0. The Balaban J connectivity index is 2.00. The number of fused-ring (bicyclic) bond motifs is 1. The van der Waals surface area contributed by atoms with Crippen molar-refractivity contribution in [3.8, 4) is 5.75 Å². The highest BCUT2D eigenvalue weighted by atomic mass is 16.6. The van der Waals surface area contributed by atoms with E-state index < -0.39 is 4.92 Å². The second-order valence-corrected chi connectivity index (χ2v) is 5.45. The minimum atomic E-state index is -0.589. The summed E-state index contributed by atoms with van der Waals surface area (Å²) in [5, 5.41) is 10.9. The molecular formula is C16H15N3O4. The average Bonchev–Trinajstić information content (AvgIpc) is 2.51. The number of benzene rings is 1. The second kappa shape index (κ2) is 5.68. The van der Waals surface area contributed by atoms with Gasteiger partial charge >= 0.3 is 5.82 Å². The molecule has 23 heavy (non-hydrogen) atoms. The van der Waals surface area contributed by atoms with E-state index in [0.717, 1.165) is 16.7 Å². The van der Waals surface area contributed by atoms with Crippen LogP contribution in [0.3, 0.4) is 0 Å². The Kier molecular flexibility index (Phi) is 3.69. The summed E-state index contributed by atoms with van der Waals surface area (Å²) in [4.78, 5) is 27.9. The van der Waals surface area contributed by atoms with Crippen molar-refractivity contribution in [1.82, 2.24) is 4.98 Å². The number of hydrogen-bond donors (Lipinski definition) is 0. The molecule has 0 unspecified atom stereocenters. The Bertz CT molecular complexity index is 804. The number of nitro groups is 1. The molecule has 2 heterocycles. The zero-order valence-electron chi connectivity index (χ0n) is 12.8. The number of anilines is 1. The summed E-state index contributed by atoms with van der Waals surface area (Å²) < 4.78 is 5.31. The lowest BCUT2D eigenvalue weighted by molar-refractivity contribution is -0.389. The van der Waals surface area contributed by atoms with Gasteiger partial charge in [-0.15, -0.1) is 0 Å². The Hall–Kier alpha value is -2.96. The number of amides is 1. The molecule has 0 aliphatic carbocycles. The zero-order chi connectivity index (χ0) is 16.6. The van der Waals surface area contributed by atoms with Crippen molar-refractivity contribution >= 4 is 17.5 Å². The highest BCUT2D eigenvalue weighted by Gasteiger charge is 2.32. The molecule has 0 radical (unpaired) electrons. The number of pyridine rings is 1. The molecule has 2 aromatic rings. The average molecular weight is 313 g/mol. The fraction of sp³-hybridized carbons (Fsp3) is 0.250. The first kappa shape index (κ1) is 15.0. The van der Waals surface area contributed by atoms with E-state index >= 15 is 0 Å². The van der Waals surface area contributed by atoms with Crippen molar-refractivity contribution in [1.29, 1.82) is 0 Å². The van der Waals surface area contributed by atoms with E-state index in [0.29, 0.717) is 12.3 Å². The topological polar surface area (TPSA) is 85.6 Å². The minimum Gasteiger partial charge on any atom is -0.477 e. The van der Waals surface area contributed by atoms with Gasteiger partial charge in [0.05, 0.1) is 6.54 Å². The van der Waals surface area contributed by atoms with Gasteiger partial charge in [-0.25, -0.2) is 0 Å². The number of carbonyl (C=O) groups is 1. The molecule has 1 amide bonds. The van der Waals surface area contributed by atoms with Crippen molar-refractivity contribution in [2.75, 3.05) is 11.5 Å². The van der Waals surface area contributed by atoms with Crippen molar-refractivity contribution in [3.63, 3.8) is 0 Å². The van der Waals surface area contributed by atoms with Crippen molar-refractivity contribution in [3.05, 3.63) is 57.1 Å². The second-order valence-electron chi connectivity index (χ2n) is 5.45. The van der Waals surface area contributed by atoms with E-state index in [1.54, 1.807) is 0 Å². The highest BCUT2D eigenvalue weighted by molar-refractivity contribution is 5.96. The van der Waals surface area contributed by atoms with E-state index in [4.69, 9.17) is 4.74 Å². The van der Waals surface area contributed by atoms with Crippen LogP contribution in [-0.4, -0.2) is 22.4 Å². The summed E-state index contributed by atoms with van der Waals surface area (Å²) >= 11 is 0. The number of ether oxygens (including phenoxy) is 1. The molecule has 0 bridgehead atoms. The van der Waals surface area contributed by atoms with E-state index in [9.17, 15) is 14.9 Å². The van der Waals surface area contributed by atoms with Crippen LogP contribution in [0.25, 0.3) is 0 Å². The Morgan fingerprint density at radius 1 is 1.30 bits per heavy atom. The molecule has 0 fully saturated rings. The molecule has 7 nitrogen and oxygen atoms in total. The van der Waals surface area contributed by atoms with Crippen molar-refractivity contribution < 1.29 is 14.5 Å². The number of aromatic nitrogens is 1. The molecule has 0 spiro atoms. The zero-order valence-corrected chi connectivity index (χ0v) is 12.8. The Labute approximate surface area is 132 Å². The normalized spacial score (nSPS) is 13.5. The van der Waals surface area contributed by atoms with Gasteiger partial charge < -0.3 is 14.9 Å². The first-order chi connectivity index (χ1) is 11.0. The van der Waals surface area contributed by atoms with Crippen LogP contribution in [0.2, 0.25) is 0 Å². The third-order valence-corrected chi connectivity index (χ3v) is 3.75. The number of aryl methyl sites for hydroxylation is 2. The molecular weight excluding hydrogens is 298 g/mol. The van der Waals surface area contributed by atoms with Gasteiger partial charge in [0.1, 0.15) is 0 Å². The maximum absolute atomic E-state index is 12.2. The molecule has 118 valence electrons. The molecule has 0 saturated carbocycles. The predicted octanol–water partition coefficient (Wildman–Crippen LogP) is 2.53. The van der Waals surface area contributed by atoms with Gasteiger partial charge in [-0.1, -0.05) is 23.8 Å². The number of nitrogens with zero attached hydrogens (tertiary/aromatic N) is 3. The quantitative estimate of drug-likeness (QED) is 0.642. The van der Waals surface area contributed by atoms with Gasteiger partial charge in [0, 0.05) is 6.07 Å². The maximum Gasteiger partial charge on any atom is 0.366 e. The molecule has 3 rings (SSSR count). The van der Waals surface area contributed by atoms with Gasteiger partial charge in [-0.3, -0.25) is 9.69 Å². The first-order valence-corrected chi connectivity index (χ1v) is 7.10. The van der Waals surface area contributed by atoms with Crippen molar-refractivity contribution in [2.24, 2.45) is 0 Å². The number of rotatable bonds is 3. The third kappa shape index (κ3) is 2.85. The predicted molar refractivity (Wildman–Crippen MR) is 83.5 cm³/mol. The SMILES string of the molecule is Cc1ccc(CN2C(=O)COc3ccc([N+](=O)[O-])nc32)c(C)c1. The van der Waals surface area contributed by atoms with Crippen LogP contribution in [0.1, 0.15) is 16.7 Å². The summed E-state index contributed by atoms with van der Waals surface area (Å²) in [6, 6.07) is 8.69. The van der Waals surface area contributed by atoms with Crippen LogP contribution < -0.4 is 9.64 Å². The van der Waals surface area contributed by atoms with E-state index in [1.807, 2.05) is 32.0 Å². The fourth-order valence-electron chi connectivity index (χ4n) is 2.53. The summed E-state index contributed by atoms with van der Waals surface area (Å²) in [6.45, 7) is 4.17. The minimum absolute atomic E-state index is 0.0998. The summed E-state index contributed by atoms with van der Waals surface area (Å²) in [6.07, 6.45) is 0. The third-order valence-electron chi connectivity index (χ3n) is 3.75. The lowest BCUT2D eigenvalue weighted by Gasteiger charge is -2.26. The lowest BCUT2D eigenvalue weighted by Crippen LogP contribution is -2.39. The first-order valence-electron chi connectivity index (χ1n) is 7.10. The number of hydrogen-bond acceptors (Lipinski definition) is 5. The van der Waals surface area contributed by atoms with E-state index in [1.165, 1.54) is 17.0 Å². The monoisotopic (exact) mass is 313 g/mol. The molecule has 0 atom stereocenters. The Morgan fingerprint density at radius 3 is 2.78 bits per heavy atom. The molecule has 1 aliphatic heterocycles. The fourth-order valence-corrected chi connectivity index (χ4v) is 2.53. The molecule has 0 saturated heterocycles. The van der Waals surface area contributed by atoms with Crippen molar-refractivity contribution in [2.45, 2.75) is 20.4 Å². The van der Waals surface area contributed by atoms with Gasteiger partial charge in [0.2, 0.25) is 0 Å². The molecule has 1 aromatic heterocycles. The standard InChI is InChI=1S/C16H15N3O4/c1-10-3-4-12(11(2)7-10)8-18-15(20)9-23-13-5-6-14(19(21)22)17-16(13)18/h3-7H,8-9H2,1-2H3. The molecule has 7 heteroatoms. The largest absolute Gasteiger partial charge is 0.477 e. The molecule has 0 N–H and O–H groups in total. The van der Waals surface area contributed by atoms with Crippen LogP contribution in [0.5, 0.6) is 5.75 Å². The highest BCUT2D eigenvalue weighted by Crippen LogP contribution is 2.33. The number of carbonyl (C=O) groups excluding carboxylic acids is 1. The van der Waals surface area contributed by atoms with Crippen LogP contribution in [0.15, 0.2) is 30.3 Å². The Morgan fingerprint density at radius 2 is 2.09 bits per heavy atom. The summed E-state index contributed by atoms with van der Waals surface area (Å²) in [5.74, 6) is -0.0199. The maximum atomic E-state index is 12.2. The van der Waals surface area contributed by atoms with Gasteiger partial charge in [0.25, 0.3) is 11.7 Å². The van der Waals surface area contributed by atoms with Crippen LogP contribution >= 0.6 is 0 Å². The van der Waals surface area contributed by atoms with Gasteiger partial charge in [0.15, 0.2) is 12.4 Å². The molecule has 1 aromatic carbocycles.